The van der Waals surface area contributed by atoms with E-state index in [4.69, 9.17) is 27.9 Å². The van der Waals surface area contributed by atoms with Crippen molar-refractivity contribution in [3.63, 3.8) is 0 Å². The Morgan fingerprint density at radius 1 is 1.14 bits per heavy atom. The van der Waals surface area contributed by atoms with Crippen LogP contribution in [0.4, 0.5) is 10.5 Å². The van der Waals surface area contributed by atoms with Crippen molar-refractivity contribution in [2.45, 2.75) is 26.3 Å². The molecule has 1 aliphatic rings. The molecule has 3 aromatic rings. The third kappa shape index (κ3) is 6.72. The monoisotopic (exact) mass is 545 g/mol. The number of hydrogen-bond donors (Lipinski definition) is 1. The van der Waals surface area contributed by atoms with E-state index in [1.165, 1.54) is 4.88 Å². The van der Waals surface area contributed by atoms with Gasteiger partial charge in [0.05, 0.1) is 6.04 Å². The molecule has 2 heterocycles. The average Bonchev–Trinajstić information content (AvgIpc) is 3.32. The zero-order chi connectivity index (χ0) is 25.7. The van der Waals surface area contributed by atoms with E-state index in [0.717, 1.165) is 12.0 Å². The van der Waals surface area contributed by atoms with Crippen molar-refractivity contribution in [2.24, 2.45) is 5.92 Å². The summed E-state index contributed by atoms with van der Waals surface area (Å²) < 4.78 is 6.06. The van der Waals surface area contributed by atoms with E-state index in [9.17, 15) is 9.59 Å². The summed E-state index contributed by atoms with van der Waals surface area (Å²) in [7, 11) is 0. The Balaban J connectivity index is 1.49. The molecular weight excluding hydrogens is 517 g/mol. The first kappa shape index (κ1) is 26.3. The molecule has 1 N–H and O–H groups in total. The molecule has 0 aliphatic carbocycles. The van der Waals surface area contributed by atoms with Gasteiger partial charge in [0.1, 0.15) is 18.9 Å². The van der Waals surface area contributed by atoms with Gasteiger partial charge in [-0.1, -0.05) is 43.1 Å². The minimum Gasteiger partial charge on any atom is -0.491 e. The Bertz CT molecular complexity index is 1200. The number of ether oxygens (including phenoxy) is 1. The van der Waals surface area contributed by atoms with Crippen molar-refractivity contribution in [1.82, 2.24) is 9.80 Å². The third-order valence-electron chi connectivity index (χ3n) is 5.91. The standard InChI is InChI=1S/C27H29Cl2N3O3S/c1-18(2)15-31(27(34)30-21-5-3-4-20(29)14-21)16-26(33)32-12-10-25-23(11-13-36-25)24(32)17-35-22-8-6-19(28)7-9-22/h3-9,11,13-14,18,24H,10,12,15-17H2,1-2H3,(H,30,34)/t24-/m1/s1. The van der Waals surface area contributed by atoms with E-state index in [1.807, 2.05) is 30.9 Å². The van der Waals surface area contributed by atoms with Gasteiger partial charge in [-0.25, -0.2) is 4.79 Å². The minimum atomic E-state index is -0.332. The normalized spacial score (nSPS) is 14.9. The molecule has 0 spiro atoms. The zero-order valence-corrected chi connectivity index (χ0v) is 22.6. The van der Waals surface area contributed by atoms with Crippen LogP contribution < -0.4 is 10.1 Å². The van der Waals surface area contributed by atoms with Crippen LogP contribution in [0.1, 0.15) is 30.3 Å². The first-order chi connectivity index (χ1) is 17.3. The maximum atomic E-state index is 13.6. The topological polar surface area (TPSA) is 61.9 Å². The summed E-state index contributed by atoms with van der Waals surface area (Å²) in [6, 6.07) is 15.6. The van der Waals surface area contributed by atoms with Gasteiger partial charge in [0, 0.05) is 33.7 Å². The average molecular weight is 547 g/mol. The van der Waals surface area contributed by atoms with E-state index < -0.39 is 0 Å². The number of hydrogen-bond acceptors (Lipinski definition) is 4. The Morgan fingerprint density at radius 3 is 2.64 bits per heavy atom. The summed E-state index contributed by atoms with van der Waals surface area (Å²) in [5.41, 5.74) is 1.69. The fourth-order valence-electron chi connectivity index (χ4n) is 4.26. The van der Waals surface area contributed by atoms with Crippen LogP contribution in [0.5, 0.6) is 5.75 Å². The quantitative estimate of drug-likeness (QED) is 0.340. The summed E-state index contributed by atoms with van der Waals surface area (Å²) >= 11 is 13.8. The Morgan fingerprint density at radius 2 is 1.92 bits per heavy atom. The minimum absolute atomic E-state index is 0.0263. The van der Waals surface area contributed by atoms with Crippen LogP contribution in [-0.4, -0.2) is 48.0 Å². The summed E-state index contributed by atoms with van der Waals surface area (Å²) in [6.07, 6.45) is 0.787. The SMILES string of the molecule is CC(C)CN(CC(=O)N1CCc2sccc2[C@H]1COc1ccc(Cl)cc1)C(=O)Nc1cccc(Cl)c1. The molecule has 0 radical (unpaired) electrons. The number of fused-ring (bicyclic) bond motifs is 1. The molecule has 190 valence electrons. The highest BCUT2D eigenvalue weighted by molar-refractivity contribution is 7.10. The van der Waals surface area contributed by atoms with Gasteiger partial charge in [-0.3, -0.25) is 4.79 Å². The number of rotatable bonds is 8. The van der Waals surface area contributed by atoms with Crippen LogP contribution in [0.2, 0.25) is 10.0 Å². The number of urea groups is 1. The second-order valence-corrected chi connectivity index (χ2v) is 11.0. The third-order valence-corrected chi connectivity index (χ3v) is 7.40. The van der Waals surface area contributed by atoms with Crippen LogP contribution in [0.3, 0.4) is 0 Å². The molecular formula is C27H29Cl2N3O3S. The van der Waals surface area contributed by atoms with Crippen LogP contribution in [-0.2, 0) is 11.2 Å². The van der Waals surface area contributed by atoms with Gasteiger partial charge in [0.15, 0.2) is 0 Å². The molecule has 1 aliphatic heterocycles. The predicted molar refractivity (Wildman–Crippen MR) is 146 cm³/mol. The van der Waals surface area contributed by atoms with Crippen LogP contribution in [0, 0.1) is 5.92 Å². The number of carbonyl (C=O) groups is 2. The van der Waals surface area contributed by atoms with E-state index in [1.54, 1.807) is 52.6 Å². The van der Waals surface area contributed by atoms with Gasteiger partial charge in [-0.2, -0.15) is 0 Å². The zero-order valence-electron chi connectivity index (χ0n) is 20.2. The van der Waals surface area contributed by atoms with Crippen LogP contribution in [0.15, 0.2) is 60.0 Å². The Hall–Kier alpha value is -2.74. The molecule has 0 saturated heterocycles. The second-order valence-electron chi connectivity index (χ2n) is 9.13. The molecule has 0 saturated carbocycles. The van der Waals surface area contributed by atoms with Crippen molar-refractivity contribution in [2.75, 3.05) is 31.6 Å². The van der Waals surface area contributed by atoms with Gasteiger partial charge in [-0.05, 0) is 71.8 Å². The van der Waals surface area contributed by atoms with Crippen molar-refractivity contribution in [1.29, 1.82) is 0 Å². The van der Waals surface area contributed by atoms with E-state index in [-0.39, 0.29) is 30.4 Å². The van der Waals surface area contributed by atoms with E-state index >= 15 is 0 Å². The van der Waals surface area contributed by atoms with Crippen LogP contribution in [0.25, 0.3) is 0 Å². The van der Waals surface area contributed by atoms with Crippen molar-refractivity contribution >= 4 is 52.2 Å². The lowest BCUT2D eigenvalue weighted by molar-refractivity contribution is -0.135. The first-order valence-corrected chi connectivity index (χ1v) is 13.5. The number of benzene rings is 2. The van der Waals surface area contributed by atoms with Crippen LogP contribution >= 0.6 is 34.5 Å². The highest BCUT2D eigenvalue weighted by atomic mass is 35.5. The van der Waals surface area contributed by atoms with E-state index in [0.29, 0.717) is 41.2 Å². The lowest BCUT2D eigenvalue weighted by atomic mass is 10.0. The Labute approximate surface area is 225 Å². The van der Waals surface area contributed by atoms with Gasteiger partial charge < -0.3 is 19.9 Å². The number of amides is 3. The smallest absolute Gasteiger partial charge is 0.322 e. The molecule has 4 rings (SSSR count). The lowest BCUT2D eigenvalue weighted by Crippen LogP contribution is -2.49. The van der Waals surface area contributed by atoms with E-state index in [2.05, 4.69) is 16.8 Å². The molecule has 0 fully saturated rings. The molecule has 1 aromatic heterocycles. The highest BCUT2D eigenvalue weighted by Crippen LogP contribution is 2.34. The summed E-state index contributed by atoms with van der Waals surface area (Å²) in [4.78, 5) is 31.4. The Kier molecular flexibility index (Phi) is 8.77. The van der Waals surface area contributed by atoms with Crippen molar-refractivity contribution in [3.8, 4) is 5.75 Å². The van der Waals surface area contributed by atoms with Crippen molar-refractivity contribution in [3.05, 3.63) is 80.5 Å². The summed E-state index contributed by atoms with van der Waals surface area (Å²) in [5, 5.41) is 6.09. The largest absolute Gasteiger partial charge is 0.491 e. The number of thiophene rings is 1. The van der Waals surface area contributed by atoms with Gasteiger partial charge >= 0.3 is 6.03 Å². The molecule has 6 nitrogen and oxygen atoms in total. The fourth-order valence-corrected chi connectivity index (χ4v) is 5.51. The van der Waals surface area contributed by atoms with Crippen molar-refractivity contribution < 1.29 is 14.3 Å². The number of nitrogens with one attached hydrogen (secondary N) is 1. The van der Waals surface area contributed by atoms with Gasteiger partial charge in [0.2, 0.25) is 5.91 Å². The molecule has 3 amide bonds. The summed E-state index contributed by atoms with van der Waals surface area (Å²) in [6.45, 7) is 5.35. The maximum Gasteiger partial charge on any atom is 0.322 e. The van der Waals surface area contributed by atoms with Gasteiger partial charge in [0.25, 0.3) is 0 Å². The number of anilines is 1. The highest BCUT2D eigenvalue weighted by Gasteiger charge is 2.33. The lowest BCUT2D eigenvalue weighted by Gasteiger charge is -2.37. The molecule has 2 aromatic carbocycles. The summed E-state index contributed by atoms with van der Waals surface area (Å²) in [5.74, 6) is 0.770. The number of nitrogens with zero attached hydrogens (tertiary/aromatic N) is 2. The molecule has 1 atom stereocenters. The molecule has 0 bridgehead atoms. The molecule has 36 heavy (non-hydrogen) atoms. The second kappa shape index (κ2) is 12.0. The number of carbonyl (C=O) groups excluding carboxylic acids is 2. The first-order valence-electron chi connectivity index (χ1n) is 11.9. The molecule has 0 unspecified atom stereocenters. The predicted octanol–water partition coefficient (Wildman–Crippen LogP) is 6.75. The maximum absolute atomic E-state index is 13.6. The van der Waals surface area contributed by atoms with Gasteiger partial charge in [-0.15, -0.1) is 11.3 Å². The molecule has 9 heteroatoms. The fraction of sp³-hybridized carbons (Fsp3) is 0.333. The number of halogens is 2.